The smallest absolute Gasteiger partial charge is 0.252 e. The summed E-state index contributed by atoms with van der Waals surface area (Å²) in [6, 6.07) is 2.28. The molecule has 1 fully saturated rings. The lowest BCUT2D eigenvalue weighted by Gasteiger charge is -2.22. The van der Waals surface area contributed by atoms with Gasteiger partial charge in [0.2, 0.25) is 0 Å². The number of hydrogen-bond donors (Lipinski definition) is 1. The maximum atomic E-state index is 11.6. The molecule has 1 aromatic heterocycles. The normalized spacial score (nSPS) is 24.3. The molecule has 0 bridgehead atoms. The van der Waals surface area contributed by atoms with Gasteiger partial charge in [0.15, 0.2) is 0 Å². The molecule has 2 aliphatic heterocycles. The van der Waals surface area contributed by atoms with Crippen molar-refractivity contribution in [3.8, 4) is 0 Å². The zero-order valence-corrected chi connectivity index (χ0v) is 9.29. The number of hydrogen-bond acceptors (Lipinski definition) is 3. The number of amides is 1. The van der Waals surface area contributed by atoms with Crippen molar-refractivity contribution in [1.29, 1.82) is 0 Å². The van der Waals surface area contributed by atoms with Gasteiger partial charge in [-0.1, -0.05) is 0 Å². The van der Waals surface area contributed by atoms with Crippen LogP contribution in [0.5, 0.6) is 0 Å². The van der Waals surface area contributed by atoms with Gasteiger partial charge in [-0.3, -0.25) is 4.79 Å². The molecule has 0 aliphatic carbocycles. The maximum absolute atomic E-state index is 11.6. The van der Waals surface area contributed by atoms with Crippen LogP contribution in [0.25, 0.3) is 0 Å². The topological polar surface area (TPSA) is 45.2 Å². The first-order valence-corrected chi connectivity index (χ1v) is 5.72. The molecule has 0 aromatic carbocycles. The Bertz CT molecular complexity index is 489. The molecule has 3 rings (SSSR count). The van der Waals surface area contributed by atoms with Gasteiger partial charge in [-0.15, -0.1) is 0 Å². The molecule has 1 N–H and O–H groups in total. The summed E-state index contributed by atoms with van der Waals surface area (Å²) in [5, 5.41) is 2.74. The lowest BCUT2D eigenvalue weighted by atomic mass is 10.1. The molecule has 16 heavy (non-hydrogen) atoms. The molecule has 4 heteroatoms. The highest BCUT2D eigenvalue weighted by Gasteiger charge is 2.25. The SMILES string of the molecule is [2H]c1nc(N2CCCC2C)cc2c1CNC2=O. The van der Waals surface area contributed by atoms with Crippen LogP contribution in [0.4, 0.5) is 5.82 Å². The van der Waals surface area contributed by atoms with Crippen LogP contribution in [0.3, 0.4) is 0 Å². The highest BCUT2D eigenvalue weighted by Crippen LogP contribution is 2.26. The number of anilines is 1. The number of pyridine rings is 1. The van der Waals surface area contributed by atoms with Crippen molar-refractivity contribution in [3.63, 3.8) is 0 Å². The predicted octanol–water partition coefficient (Wildman–Crippen LogP) is 1.31. The second-order valence-corrected chi connectivity index (χ2v) is 4.49. The van der Waals surface area contributed by atoms with E-state index in [1.807, 2.05) is 6.07 Å². The van der Waals surface area contributed by atoms with Gasteiger partial charge in [-0.25, -0.2) is 4.98 Å². The molecule has 1 unspecified atom stereocenters. The highest BCUT2D eigenvalue weighted by molar-refractivity contribution is 5.98. The van der Waals surface area contributed by atoms with E-state index in [2.05, 4.69) is 22.1 Å². The predicted molar refractivity (Wildman–Crippen MR) is 61.4 cm³/mol. The van der Waals surface area contributed by atoms with E-state index in [-0.39, 0.29) is 12.1 Å². The zero-order chi connectivity index (χ0) is 12.0. The third-order valence-electron chi connectivity index (χ3n) is 3.42. The van der Waals surface area contributed by atoms with E-state index < -0.39 is 0 Å². The third kappa shape index (κ3) is 1.37. The van der Waals surface area contributed by atoms with Crippen molar-refractivity contribution in [1.82, 2.24) is 10.3 Å². The van der Waals surface area contributed by atoms with Gasteiger partial charge in [-0.05, 0) is 25.8 Å². The quantitative estimate of drug-likeness (QED) is 0.773. The van der Waals surface area contributed by atoms with Crippen LogP contribution in [0.2, 0.25) is 0 Å². The van der Waals surface area contributed by atoms with Crippen molar-refractivity contribution < 1.29 is 6.17 Å². The number of rotatable bonds is 1. The van der Waals surface area contributed by atoms with Crippen LogP contribution in [-0.4, -0.2) is 23.5 Å². The van der Waals surface area contributed by atoms with Gasteiger partial charge in [0, 0.05) is 36.4 Å². The van der Waals surface area contributed by atoms with E-state index in [9.17, 15) is 4.79 Å². The Morgan fingerprint density at radius 3 is 3.31 bits per heavy atom. The lowest BCUT2D eigenvalue weighted by Crippen LogP contribution is -2.27. The summed E-state index contributed by atoms with van der Waals surface area (Å²) in [7, 11) is 0. The summed E-state index contributed by atoms with van der Waals surface area (Å²) < 4.78 is 7.88. The standard InChI is InChI=1S/C12H15N3O/c1-8-3-2-4-15(8)11-5-10-9(6-13-11)7-14-12(10)16/h5-6,8H,2-4,7H2,1H3,(H,14,16)/i6D. The largest absolute Gasteiger partial charge is 0.354 e. The average Bonchev–Trinajstić information content (AvgIpc) is 2.86. The van der Waals surface area contributed by atoms with Crippen LogP contribution in [-0.2, 0) is 6.54 Å². The fraction of sp³-hybridized carbons (Fsp3) is 0.500. The molecule has 1 aromatic rings. The molecule has 4 nitrogen and oxygen atoms in total. The van der Waals surface area contributed by atoms with Crippen molar-refractivity contribution >= 4 is 11.7 Å². The third-order valence-corrected chi connectivity index (χ3v) is 3.42. The second kappa shape index (κ2) is 3.47. The molecule has 1 saturated heterocycles. The van der Waals surface area contributed by atoms with E-state index in [4.69, 9.17) is 1.37 Å². The van der Waals surface area contributed by atoms with E-state index in [1.165, 1.54) is 0 Å². The minimum Gasteiger partial charge on any atom is -0.354 e. The summed E-state index contributed by atoms with van der Waals surface area (Å²) >= 11 is 0. The van der Waals surface area contributed by atoms with E-state index in [0.29, 0.717) is 18.2 Å². The van der Waals surface area contributed by atoms with Crippen LogP contribution in [0.15, 0.2) is 12.2 Å². The molecule has 0 spiro atoms. The Morgan fingerprint density at radius 2 is 2.56 bits per heavy atom. The Morgan fingerprint density at radius 1 is 1.69 bits per heavy atom. The number of fused-ring (bicyclic) bond motifs is 1. The second-order valence-electron chi connectivity index (χ2n) is 4.49. The zero-order valence-electron chi connectivity index (χ0n) is 10.3. The first kappa shape index (κ1) is 8.56. The monoisotopic (exact) mass is 218 g/mol. The Labute approximate surface area is 96.1 Å². The van der Waals surface area contributed by atoms with Gasteiger partial charge in [0.1, 0.15) is 5.82 Å². The fourth-order valence-electron chi connectivity index (χ4n) is 2.46. The molecule has 2 aliphatic rings. The van der Waals surface area contributed by atoms with Crippen molar-refractivity contribution in [3.05, 3.63) is 23.4 Å². The van der Waals surface area contributed by atoms with Gasteiger partial charge in [0.25, 0.3) is 5.91 Å². The summed E-state index contributed by atoms with van der Waals surface area (Å²) in [5.41, 5.74) is 1.35. The summed E-state index contributed by atoms with van der Waals surface area (Å²) in [5.74, 6) is 0.694. The number of nitrogens with one attached hydrogen (secondary N) is 1. The summed E-state index contributed by atoms with van der Waals surface area (Å²) in [4.78, 5) is 18.1. The Kier molecular flexibility index (Phi) is 1.86. The minimum absolute atomic E-state index is 0.0796. The van der Waals surface area contributed by atoms with Crippen LogP contribution in [0.1, 0.15) is 37.1 Å². The molecule has 3 heterocycles. The van der Waals surface area contributed by atoms with Gasteiger partial charge < -0.3 is 10.2 Å². The van der Waals surface area contributed by atoms with Crippen LogP contribution in [0, 0.1) is 0 Å². The van der Waals surface area contributed by atoms with E-state index in [0.717, 1.165) is 30.8 Å². The number of carbonyl (C=O) groups is 1. The Balaban J connectivity index is 2.05. The molecule has 1 amide bonds. The lowest BCUT2D eigenvalue weighted by molar-refractivity contribution is 0.0965. The number of nitrogens with zero attached hydrogens (tertiary/aromatic N) is 2. The van der Waals surface area contributed by atoms with Crippen LogP contribution < -0.4 is 10.2 Å². The van der Waals surface area contributed by atoms with Crippen molar-refractivity contribution in [2.75, 3.05) is 11.4 Å². The maximum Gasteiger partial charge on any atom is 0.252 e. The molecule has 1 atom stereocenters. The fourth-order valence-corrected chi connectivity index (χ4v) is 2.46. The average molecular weight is 218 g/mol. The molecule has 84 valence electrons. The van der Waals surface area contributed by atoms with Crippen molar-refractivity contribution in [2.45, 2.75) is 32.4 Å². The van der Waals surface area contributed by atoms with Crippen molar-refractivity contribution in [2.24, 2.45) is 0 Å². The number of aromatic nitrogens is 1. The van der Waals surface area contributed by atoms with Gasteiger partial charge >= 0.3 is 0 Å². The summed E-state index contributed by atoms with van der Waals surface area (Å²) in [6.07, 6.45) is 2.53. The minimum atomic E-state index is -0.0796. The van der Waals surface area contributed by atoms with Gasteiger partial charge in [0.05, 0.1) is 1.37 Å². The first-order valence-electron chi connectivity index (χ1n) is 6.22. The molecular formula is C12H15N3O. The van der Waals surface area contributed by atoms with E-state index in [1.54, 1.807) is 0 Å². The number of carbonyl (C=O) groups excluding carboxylic acids is 1. The first-order chi connectivity index (χ1) is 8.16. The summed E-state index contributed by atoms with van der Waals surface area (Å²) in [6.45, 7) is 3.56. The molecule has 0 saturated carbocycles. The molecular weight excluding hydrogens is 202 g/mol. The molecule has 0 radical (unpaired) electrons. The Hall–Kier alpha value is -1.58. The highest BCUT2D eigenvalue weighted by atomic mass is 16.1. The van der Waals surface area contributed by atoms with E-state index >= 15 is 0 Å². The van der Waals surface area contributed by atoms with Crippen LogP contribution >= 0.6 is 0 Å². The van der Waals surface area contributed by atoms with Gasteiger partial charge in [-0.2, -0.15) is 0 Å².